The molecular formula is C12H16N4O3. The van der Waals surface area contributed by atoms with Gasteiger partial charge in [-0.05, 0) is 22.4 Å². The van der Waals surface area contributed by atoms with E-state index < -0.39 is 0 Å². The van der Waals surface area contributed by atoms with Crippen molar-refractivity contribution < 1.29 is 14.1 Å². The van der Waals surface area contributed by atoms with Crippen LogP contribution in [0.3, 0.4) is 0 Å². The molecule has 0 radical (unpaired) electrons. The molecule has 1 aromatic heterocycles. The SMILES string of the molecule is COC1(CNc2ccc(N)c3nonc23)CCOC1. The summed E-state index contributed by atoms with van der Waals surface area (Å²) in [7, 11) is 1.70. The molecule has 0 bridgehead atoms. The number of hydrogen-bond donors (Lipinski definition) is 2. The molecule has 0 aliphatic carbocycles. The van der Waals surface area contributed by atoms with Crippen LogP contribution in [0.15, 0.2) is 16.8 Å². The van der Waals surface area contributed by atoms with Gasteiger partial charge in [-0.25, -0.2) is 4.63 Å². The van der Waals surface area contributed by atoms with E-state index in [1.807, 2.05) is 6.07 Å². The third-order valence-electron chi connectivity index (χ3n) is 3.55. The smallest absolute Gasteiger partial charge is 0.160 e. The third kappa shape index (κ3) is 2.11. The molecular weight excluding hydrogens is 248 g/mol. The second kappa shape index (κ2) is 4.67. The van der Waals surface area contributed by atoms with E-state index in [-0.39, 0.29) is 5.60 Å². The first kappa shape index (κ1) is 12.2. The number of methoxy groups -OCH3 is 1. The van der Waals surface area contributed by atoms with Gasteiger partial charge in [0.1, 0.15) is 5.60 Å². The molecule has 1 aliphatic heterocycles. The van der Waals surface area contributed by atoms with Crippen LogP contribution in [0.1, 0.15) is 6.42 Å². The molecule has 7 nitrogen and oxygen atoms in total. The topological polar surface area (TPSA) is 95.4 Å². The molecule has 7 heteroatoms. The first-order valence-electron chi connectivity index (χ1n) is 6.12. The van der Waals surface area contributed by atoms with Gasteiger partial charge in [-0.3, -0.25) is 0 Å². The van der Waals surface area contributed by atoms with Gasteiger partial charge in [0, 0.05) is 26.7 Å². The fourth-order valence-corrected chi connectivity index (χ4v) is 2.25. The number of aromatic nitrogens is 2. The number of nitrogens with two attached hydrogens (primary N) is 1. The van der Waals surface area contributed by atoms with Crippen LogP contribution < -0.4 is 11.1 Å². The Hall–Kier alpha value is -1.86. The van der Waals surface area contributed by atoms with E-state index in [4.69, 9.17) is 19.8 Å². The van der Waals surface area contributed by atoms with Gasteiger partial charge >= 0.3 is 0 Å². The average molecular weight is 264 g/mol. The highest BCUT2D eigenvalue weighted by molar-refractivity contribution is 5.94. The number of nitrogens with zero attached hydrogens (tertiary/aromatic N) is 2. The molecule has 2 heterocycles. The van der Waals surface area contributed by atoms with Crippen LogP contribution in [0, 0.1) is 0 Å². The first-order chi connectivity index (χ1) is 9.24. The fourth-order valence-electron chi connectivity index (χ4n) is 2.25. The Morgan fingerprint density at radius 2 is 2.26 bits per heavy atom. The largest absolute Gasteiger partial charge is 0.397 e. The summed E-state index contributed by atoms with van der Waals surface area (Å²) in [6.45, 7) is 1.94. The van der Waals surface area contributed by atoms with Crippen molar-refractivity contribution in [3.63, 3.8) is 0 Å². The molecule has 3 rings (SSSR count). The van der Waals surface area contributed by atoms with Gasteiger partial charge in [0.25, 0.3) is 0 Å². The maximum atomic E-state index is 5.81. The molecule has 0 spiro atoms. The lowest BCUT2D eigenvalue weighted by Gasteiger charge is -2.26. The van der Waals surface area contributed by atoms with Gasteiger partial charge in [0.2, 0.25) is 0 Å². The summed E-state index contributed by atoms with van der Waals surface area (Å²) < 4.78 is 15.7. The minimum Gasteiger partial charge on any atom is -0.397 e. The van der Waals surface area contributed by atoms with Crippen LogP contribution in [-0.4, -0.2) is 42.8 Å². The van der Waals surface area contributed by atoms with Crippen molar-refractivity contribution in [1.29, 1.82) is 0 Å². The molecule has 1 fully saturated rings. The number of anilines is 2. The maximum absolute atomic E-state index is 5.81. The lowest BCUT2D eigenvalue weighted by Crippen LogP contribution is -2.39. The molecule has 0 saturated carbocycles. The van der Waals surface area contributed by atoms with Crippen molar-refractivity contribution in [2.75, 3.05) is 37.9 Å². The molecule has 1 unspecified atom stereocenters. The van der Waals surface area contributed by atoms with Crippen molar-refractivity contribution in [3.8, 4) is 0 Å². The van der Waals surface area contributed by atoms with Gasteiger partial charge < -0.3 is 20.5 Å². The van der Waals surface area contributed by atoms with E-state index in [0.717, 1.165) is 18.7 Å². The van der Waals surface area contributed by atoms with Crippen LogP contribution in [-0.2, 0) is 9.47 Å². The molecule has 3 N–H and O–H groups in total. The minimum absolute atomic E-state index is 0.287. The summed E-state index contributed by atoms with van der Waals surface area (Å²) in [4.78, 5) is 0. The second-order valence-corrected chi connectivity index (χ2v) is 4.71. The lowest BCUT2D eigenvalue weighted by atomic mass is 10.0. The fraction of sp³-hybridized carbons (Fsp3) is 0.500. The van der Waals surface area contributed by atoms with Crippen molar-refractivity contribution in [1.82, 2.24) is 10.3 Å². The Kier molecular flexibility index (Phi) is 3.00. The van der Waals surface area contributed by atoms with Crippen molar-refractivity contribution in [3.05, 3.63) is 12.1 Å². The Balaban J connectivity index is 1.82. The number of ether oxygens (including phenoxy) is 2. The van der Waals surface area contributed by atoms with E-state index in [2.05, 4.69) is 15.6 Å². The zero-order chi connectivity index (χ0) is 13.3. The molecule has 1 aromatic carbocycles. The number of hydrogen-bond acceptors (Lipinski definition) is 7. The molecule has 102 valence electrons. The van der Waals surface area contributed by atoms with Crippen LogP contribution >= 0.6 is 0 Å². The quantitative estimate of drug-likeness (QED) is 0.796. The van der Waals surface area contributed by atoms with Crippen molar-refractivity contribution in [2.45, 2.75) is 12.0 Å². The predicted molar refractivity (Wildman–Crippen MR) is 69.9 cm³/mol. The summed E-state index contributed by atoms with van der Waals surface area (Å²) >= 11 is 0. The summed E-state index contributed by atoms with van der Waals surface area (Å²) in [6.07, 6.45) is 0.867. The number of benzene rings is 1. The zero-order valence-corrected chi connectivity index (χ0v) is 10.7. The third-order valence-corrected chi connectivity index (χ3v) is 3.55. The molecule has 1 aliphatic rings. The van der Waals surface area contributed by atoms with Crippen molar-refractivity contribution >= 4 is 22.4 Å². The van der Waals surface area contributed by atoms with Crippen LogP contribution in [0.4, 0.5) is 11.4 Å². The van der Waals surface area contributed by atoms with Gasteiger partial charge in [0.05, 0.1) is 18.0 Å². The molecule has 1 atom stereocenters. The monoisotopic (exact) mass is 264 g/mol. The Labute approximate surface area is 110 Å². The van der Waals surface area contributed by atoms with Gasteiger partial charge in [0.15, 0.2) is 11.0 Å². The van der Waals surface area contributed by atoms with E-state index >= 15 is 0 Å². The minimum atomic E-state index is -0.287. The highest BCUT2D eigenvalue weighted by Crippen LogP contribution is 2.28. The van der Waals surface area contributed by atoms with E-state index in [1.54, 1.807) is 13.2 Å². The zero-order valence-electron chi connectivity index (χ0n) is 10.7. The normalized spacial score (nSPS) is 23.0. The number of fused-ring (bicyclic) bond motifs is 1. The molecule has 2 aromatic rings. The number of rotatable bonds is 4. The summed E-state index contributed by atoms with van der Waals surface area (Å²) in [5, 5.41) is 11.0. The number of nitrogen functional groups attached to an aromatic ring is 1. The highest BCUT2D eigenvalue weighted by atomic mass is 16.6. The Morgan fingerprint density at radius 1 is 1.42 bits per heavy atom. The Morgan fingerprint density at radius 3 is 3.00 bits per heavy atom. The van der Waals surface area contributed by atoms with Crippen molar-refractivity contribution in [2.24, 2.45) is 0 Å². The van der Waals surface area contributed by atoms with Gasteiger partial charge in [-0.15, -0.1) is 0 Å². The van der Waals surface area contributed by atoms with Crippen LogP contribution in [0.5, 0.6) is 0 Å². The maximum Gasteiger partial charge on any atom is 0.160 e. The molecule has 1 saturated heterocycles. The lowest BCUT2D eigenvalue weighted by molar-refractivity contribution is -0.00618. The average Bonchev–Trinajstić information content (AvgIpc) is 3.08. The highest BCUT2D eigenvalue weighted by Gasteiger charge is 2.34. The predicted octanol–water partition coefficient (Wildman–Crippen LogP) is 1.02. The summed E-state index contributed by atoms with van der Waals surface area (Å²) in [6, 6.07) is 3.64. The van der Waals surface area contributed by atoms with E-state index in [0.29, 0.717) is 29.9 Å². The second-order valence-electron chi connectivity index (χ2n) is 4.71. The Bertz CT molecular complexity index is 577. The first-order valence-corrected chi connectivity index (χ1v) is 6.12. The molecule has 0 amide bonds. The number of nitrogens with one attached hydrogen (secondary N) is 1. The van der Waals surface area contributed by atoms with E-state index in [9.17, 15) is 0 Å². The summed E-state index contributed by atoms with van der Waals surface area (Å²) in [5.41, 5.74) is 8.09. The van der Waals surface area contributed by atoms with Gasteiger partial charge in [-0.1, -0.05) is 0 Å². The van der Waals surface area contributed by atoms with Crippen LogP contribution in [0.25, 0.3) is 11.0 Å². The van der Waals surface area contributed by atoms with Gasteiger partial charge in [-0.2, -0.15) is 0 Å². The molecule has 19 heavy (non-hydrogen) atoms. The summed E-state index contributed by atoms with van der Waals surface area (Å²) in [5.74, 6) is 0. The van der Waals surface area contributed by atoms with Crippen LogP contribution in [0.2, 0.25) is 0 Å². The van der Waals surface area contributed by atoms with E-state index in [1.165, 1.54) is 0 Å². The standard InChI is InChI=1S/C12H16N4O3/c1-17-12(4-5-18-7-12)6-14-9-3-2-8(13)10-11(9)16-19-15-10/h2-3,14H,4-7,13H2,1H3.